The molecule has 0 saturated heterocycles. The number of benzene rings is 1. The fourth-order valence-electron chi connectivity index (χ4n) is 1.81. The van der Waals surface area contributed by atoms with Crippen molar-refractivity contribution in [1.82, 2.24) is 14.8 Å². The summed E-state index contributed by atoms with van der Waals surface area (Å²) >= 11 is 0. The second kappa shape index (κ2) is 7.25. The number of anilines is 1. The zero-order chi connectivity index (χ0) is 19.5. The normalized spacial score (nSPS) is 11.9. The number of aryl methyl sites for hydroxylation is 1. The van der Waals surface area contributed by atoms with Crippen molar-refractivity contribution in [2.24, 2.45) is 0 Å². The number of hydrogen-bond acceptors (Lipinski definition) is 7. The van der Waals surface area contributed by atoms with Crippen LogP contribution in [0.1, 0.15) is 21.6 Å². The number of ether oxygens (including phenoxy) is 1. The van der Waals surface area contributed by atoms with Crippen molar-refractivity contribution in [2.45, 2.75) is 18.0 Å². The molecule has 0 aliphatic heterocycles. The van der Waals surface area contributed by atoms with Gasteiger partial charge in [0.1, 0.15) is 5.56 Å². The number of rotatable bonds is 5. The molecule has 0 amide bonds. The molecule has 26 heavy (non-hydrogen) atoms. The highest BCUT2D eigenvalue weighted by Crippen LogP contribution is 2.31. The molecule has 0 unspecified atom stereocenters. The number of carbonyl (C=O) groups excluding carboxylic acids is 1. The van der Waals surface area contributed by atoms with Crippen molar-refractivity contribution in [2.75, 3.05) is 12.5 Å². The van der Waals surface area contributed by atoms with Gasteiger partial charge >= 0.3 is 12.1 Å². The monoisotopic (exact) mass is 390 g/mol. The van der Waals surface area contributed by atoms with E-state index < -0.39 is 39.4 Å². The van der Waals surface area contributed by atoms with Gasteiger partial charge in [0.25, 0.3) is 10.0 Å². The Hall–Kier alpha value is -2.73. The maximum absolute atomic E-state index is 13.0. The third-order valence-electron chi connectivity index (χ3n) is 3.09. The third-order valence-corrected chi connectivity index (χ3v) is 4.35. The number of alkyl halides is 3. The molecule has 2 N–H and O–H groups in total. The molecule has 2 rings (SSSR count). The Kier molecular flexibility index (Phi) is 5.47. The second-order valence-corrected chi connectivity index (χ2v) is 6.67. The Morgan fingerprint density at radius 2 is 1.81 bits per heavy atom. The topological polar surface area (TPSA) is 110 Å². The first-order chi connectivity index (χ1) is 12.0. The minimum atomic E-state index is -4.97. The summed E-state index contributed by atoms with van der Waals surface area (Å²) in [5.74, 6) is -1.97. The molecule has 0 bridgehead atoms. The number of hydrogen-bond donors (Lipinski definition) is 2. The van der Waals surface area contributed by atoms with E-state index >= 15 is 0 Å². The summed E-state index contributed by atoms with van der Waals surface area (Å²) in [5, 5.41) is 0. The average Bonchev–Trinajstić information content (AvgIpc) is 2.59. The zero-order valence-corrected chi connectivity index (χ0v) is 14.3. The van der Waals surface area contributed by atoms with E-state index in [4.69, 9.17) is 0 Å². The Labute approximate surface area is 146 Å². The van der Waals surface area contributed by atoms with Gasteiger partial charge in [-0.1, -0.05) is 17.7 Å². The average molecular weight is 390 g/mol. The SMILES string of the molecule is COC(=O)c1cnc(NNS(=O)(=O)c2ccc(C)cc2)nc1C(F)(F)F. The summed E-state index contributed by atoms with van der Waals surface area (Å²) in [6, 6.07) is 5.75. The lowest BCUT2D eigenvalue weighted by atomic mass is 10.2. The first-order valence-electron chi connectivity index (χ1n) is 6.91. The predicted octanol–water partition coefficient (Wildman–Crippen LogP) is 1.90. The van der Waals surface area contributed by atoms with Crippen molar-refractivity contribution < 1.29 is 31.1 Å². The molecule has 8 nitrogen and oxygen atoms in total. The van der Waals surface area contributed by atoms with E-state index in [-0.39, 0.29) is 4.90 Å². The van der Waals surface area contributed by atoms with Crippen molar-refractivity contribution in [3.63, 3.8) is 0 Å². The van der Waals surface area contributed by atoms with Crippen molar-refractivity contribution in [1.29, 1.82) is 0 Å². The number of methoxy groups -OCH3 is 1. The van der Waals surface area contributed by atoms with Crippen LogP contribution in [0.4, 0.5) is 19.1 Å². The number of halogens is 3. The van der Waals surface area contributed by atoms with E-state index in [1.165, 1.54) is 12.1 Å². The first kappa shape index (κ1) is 19.6. The maximum atomic E-state index is 13.0. The molecule has 140 valence electrons. The molecule has 1 aromatic carbocycles. The molecule has 0 saturated carbocycles. The van der Waals surface area contributed by atoms with Crippen LogP contribution in [0.15, 0.2) is 35.4 Å². The van der Waals surface area contributed by atoms with Crippen LogP contribution in [0.5, 0.6) is 0 Å². The smallest absolute Gasteiger partial charge is 0.434 e. The van der Waals surface area contributed by atoms with Crippen LogP contribution in [0, 0.1) is 6.92 Å². The van der Waals surface area contributed by atoms with Gasteiger partial charge in [-0.3, -0.25) is 5.43 Å². The van der Waals surface area contributed by atoms with Crippen LogP contribution < -0.4 is 10.3 Å². The van der Waals surface area contributed by atoms with Gasteiger partial charge in [-0.2, -0.15) is 13.2 Å². The lowest BCUT2D eigenvalue weighted by Crippen LogP contribution is -2.31. The largest absolute Gasteiger partial charge is 0.465 e. The Bertz CT molecular complexity index is 915. The van der Waals surface area contributed by atoms with Crippen LogP contribution in [0.3, 0.4) is 0 Å². The summed E-state index contributed by atoms with van der Waals surface area (Å²) in [7, 11) is -3.16. The van der Waals surface area contributed by atoms with Gasteiger partial charge in [-0.05, 0) is 19.1 Å². The van der Waals surface area contributed by atoms with Crippen LogP contribution >= 0.6 is 0 Å². The summed E-state index contributed by atoms with van der Waals surface area (Å²) in [4.78, 5) is 19.8. The lowest BCUT2D eigenvalue weighted by Gasteiger charge is -2.13. The molecule has 0 aliphatic rings. The Balaban J connectivity index is 2.27. The van der Waals surface area contributed by atoms with E-state index in [1.807, 2.05) is 10.3 Å². The lowest BCUT2D eigenvalue weighted by molar-refractivity contribution is -0.141. The molecular weight excluding hydrogens is 377 g/mol. The number of nitrogens with one attached hydrogen (secondary N) is 2. The van der Waals surface area contributed by atoms with Gasteiger partial charge < -0.3 is 4.74 Å². The zero-order valence-electron chi connectivity index (χ0n) is 13.5. The van der Waals surface area contributed by atoms with Crippen LogP contribution in [-0.4, -0.2) is 31.5 Å². The molecular formula is C14H13F3N4O4S. The van der Waals surface area contributed by atoms with Gasteiger partial charge in [0, 0.05) is 6.20 Å². The quantitative estimate of drug-likeness (QED) is 0.593. The van der Waals surface area contributed by atoms with Crippen LogP contribution in [-0.2, 0) is 20.9 Å². The first-order valence-corrected chi connectivity index (χ1v) is 8.40. The molecule has 0 fully saturated rings. The van der Waals surface area contributed by atoms with Crippen molar-refractivity contribution >= 4 is 21.9 Å². The van der Waals surface area contributed by atoms with E-state index in [1.54, 1.807) is 19.1 Å². The summed E-state index contributed by atoms with van der Waals surface area (Å²) in [6.45, 7) is 1.76. The van der Waals surface area contributed by atoms with E-state index in [2.05, 4.69) is 14.7 Å². The van der Waals surface area contributed by atoms with Gasteiger partial charge in [0.2, 0.25) is 5.95 Å². The predicted molar refractivity (Wildman–Crippen MR) is 83.5 cm³/mol. The number of carbonyl (C=O) groups is 1. The van der Waals surface area contributed by atoms with Gasteiger partial charge in [-0.15, -0.1) is 4.83 Å². The van der Waals surface area contributed by atoms with Crippen molar-refractivity contribution in [3.05, 3.63) is 47.3 Å². The standard InChI is InChI=1S/C14H13F3N4O4S/c1-8-3-5-9(6-4-8)26(23,24)21-20-13-18-7-10(12(22)25-2)11(19-13)14(15,16)17/h3-7,21H,1-2H3,(H,18,19,20). The molecule has 0 spiro atoms. The molecule has 1 aromatic heterocycles. The number of aromatic nitrogens is 2. The van der Waals surface area contributed by atoms with Gasteiger partial charge in [-0.25, -0.2) is 23.2 Å². The summed E-state index contributed by atoms with van der Waals surface area (Å²) in [5.41, 5.74) is 0.354. The highest BCUT2D eigenvalue weighted by Gasteiger charge is 2.38. The van der Waals surface area contributed by atoms with E-state index in [9.17, 15) is 26.4 Å². The highest BCUT2D eigenvalue weighted by atomic mass is 32.2. The molecule has 0 aliphatic carbocycles. The number of hydrazine groups is 1. The summed E-state index contributed by atoms with van der Waals surface area (Å²) in [6.07, 6.45) is -4.39. The van der Waals surface area contributed by atoms with Crippen LogP contribution in [0.25, 0.3) is 0 Å². The third kappa shape index (κ3) is 4.46. The Morgan fingerprint density at radius 1 is 1.19 bits per heavy atom. The highest BCUT2D eigenvalue weighted by molar-refractivity contribution is 7.89. The number of esters is 1. The summed E-state index contributed by atoms with van der Waals surface area (Å²) < 4.78 is 67.5. The molecule has 12 heteroatoms. The second-order valence-electron chi connectivity index (χ2n) is 4.99. The number of sulfonamides is 1. The number of nitrogens with zero attached hydrogens (tertiary/aromatic N) is 2. The molecule has 0 radical (unpaired) electrons. The minimum Gasteiger partial charge on any atom is -0.465 e. The van der Waals surface area contributed by atoms with E-state index in [0.29, 0.717) is 6.20 Å². The fraction of sp³-hybridized carbons (Fsp3) is 0.214. The Morgan fingerprint density at radius 3 is 2.35 bits per heavy atom. The minimum absolute atomic E-state index is 0.113. The van der Waals surface area contributed by atoms with E-state index in [0.717, 1.165) is 12.7 Å². The van der Waals surface area contributed by atoms with Crippen molar-refractivity contribution in [3.8, 4) is 0 Å². The molecule has 1 heterocycles. The molecule has 2 aromatic rings. The fourth-order valence-corrected chi connectivity index (χ4v) is 2.64. The van der Waals surface area contributed by atoms with Crippen LogP contribution in [0.2, 0.25) is 0 Å². The molecule has 0 atom stereocenters. The van der Waals surface area contributed by atoms with Gasteiger partial charge in [0.05, 0.1) is 12.0 Å². The van der Waals surface area contributed by atoms with Gasteiger partial charge in [0.15, 0.2) is 5.69 Å². The maximum Gasteiger partial charge on any atom is 0.434 e.